The Balaban J connectivity index is 1.43. The monoisotopic (exact) mass is 531 g/mol. The van der Waals surface area contributed by atoms with Crippen LogP contribution in [0.2, 0.25) is 0 Å². The van der Waals surface area contributed by atoms with Crippen molar-refractivity contribution in [2.75, 3.05) is 0 Å². The van der Waals surface area contributed by atoms with Crippen LogP contribution in [0, 0.1) is 0 Å². The van der Waals surface area contributed by atoms with Gasteiger partial charge in [-0.2, -0.15) is 0 Å². The predicted molar refractivity (Wildman–Crippen MR) is 159 cm³/mol. The highest BCUT2D eigenvalue weighted by Gasteiger charge is 2.16. The number of carbonyl (C=O) groups excluding carboxylic acids is 3. The summed E-state index contributed by atoms with van der Waals surface area (Å²) in [5, 5.41) is 9.35. The normalized spacial score (nSPS) is 20.0. The largest absolute Gasteiger partial charge is 0.350 e. The molecule has 0 spiro atoms. The van der Waals surface area contributed by atoms with E-state index in [0.29, 0.717) is 0 Å². The number of nitrogens with one attached hydrogen (secondary N) is 3. The Labute approximate surface area is 233 Å². The van der Waals surface area contributed by atoms with Crippen LogP contribution in [0.4, 0.5) is 0 Å². The van der Waals surface area contributed by atoms with E-state index in [1.807, 2.05) is 18.2 Å². The molecular formula is C33H45N3O3. The van der Waals surface area contributed by atoms with Gasteiger partial charge in [-0.05, 0) is 91.6 Å². The molecule has 0 unspecified atom stereocenters. The Morgan fingerprint density at radius 1 is 0.462 bits per heavy atom. The lowest BCUT2D eigenvalue weighted by molar-refractivity contribution is -0.118. The second-order valence-electron chi connectivity index (χ2n) is 11.5. The van der Waals surface area contributed by atoms with Gasteiger partial charge in [0.15, 0.2) is 0 Å². The molecule has 0 heterocycles. The van der Waals surface area contributed by atoms with Crippen molar-refractivity contribution in [2.24, 2.45) is 0 Å². The molecule has 0 bridgehead atoms. The summed E-state index contributed by atoms with van der Waals surface area (Å²) in [6.07, 6.45) is 27.1. The van der Waals surface area contributed by atoms with Gasteiger partial charge >= 0.3 is 0 Å². The van der Waals surface area contributed by atoms with E-state index in [1.165, 1.54) is 57.8 Å². The summed E-state index contributed by atoms with van der Waals surface area (Å²) in [5.41, 5.74) is 2.53. The number of benzene rings is 1. The number of amides is 3. The van der Waals surface area contributed by atoms with Crippen molar-refractivity contribution in [1.82, 2.24) is 16.0 Å². The first kappa shape index (κ1) is 28.8. The van der Waals surface area contributed by atoms with E-state index in [9.17, 15) is 14.4 Å². The van der Waals surface area contributed by atoms with Crippen LogP contribution in [0.5, 0.6) is 0 Å². The second-order valence-corrected chi connectivity index (χ2v) is 11.5. The van der Waals surface area contributed by atoms with Gasteiger partial charge in [0, 0.05) is 36.4 Å². The van der Waals surface area contributed by atoms with Gasteiger partial charge in [-0.25, -0.2) is 0 Å². The van der Waals surface area contributed by atoms with Crippen molar-refractivity contribution in [3.05, 3.63) is 53.1 Å². The Bertz CT molecular complexity index is 910. The molecule has 3 aliphatic rings. The summed E-state index contributed by atoms with van der Waals surface area (Å²) >= 11 is 0. The van der Waals surface area contributed by atoms with Crippen LogP contribution < -0.4 is 16.0 Å². The van der Waals surface area contributed by atoms with Crippen molar-refractivity contribution in [1.29, 1.82) is 0 Å². The fourth-order valence-corrected chi connectivity index (χ4v) is 6.00. The van der Waals surface area contributed by atoms with Crippen LogP contribution in [0.25, 0.3) is 18.2 Å². The van der Waals surface area contributed by atoms with Gasteiger partial charge in [-0.1, -0.05) is 57.8 Å². The van der Waals surface area contributed by atoms with Crippen molar-refractivity contribution in [2.45, 2.75) is 114 Å². The summed E-state index contributed by atoms with van der Waals surface area (Å²) in [6, 6.07) is 6.63. The van der Waals surface area contributed by atoms with E-state index >= 15 is 0 Å². The van der Waals surface area contributed by atoms with Crippen LogP contribution in [0.1, 0.15) is 113 Å². The second kappa shape index (κ2) is 15.4. The van der Waals surface area contributed by atoms with E-state index in [0.717, 1.165) is 55.2 Å². The Kier molecular flexibility index (Phi) is 11.4. The lowest BCUT2D eigenvalue weighted by Gasteiger charge is -2.22. The van der Waals surface area contributed by atoms with Crippen molar-refractivity contribution >= 4 is 35.9 Å². The molecule has 210 valence electrons. The third-order valence-electron chi connectivity index (χ3n) is 8.14. The number of hydrogen-bond donors (Lipinski definition) is 3. The summed E-state index contributed by atoms with van der Waals surface area (Å²) in [4.78, 5) is 37.6. The highest BCUT2D eigenvalue weighted by Crippen LogP contribution is 2.20. The number of rotatable bonds is 9. The summed E-state index contributed by atoms with van der Waals surface area (Å²) < 4.78 is 0. The molecule has 3 amide bonds. The zero-order valence-electron chi connectivity index (χ0n) is 23.3. The molecule has 6 heteroatoms. The molecular weight excluding hydrogens is 486 g/mol. The smallest absolute Gasteiger partial charge is 0.244 e. The van der Waals surface area contributed by atoms with Gasteiger partial charge < -0.3 is 16.0 Å². The molecule has 3 fully saturated rings. The number of carbonyl (C=O) groups is 3. The summed E-state index contributed by atoms with van der Waals surface area (Å²) in [6.45, 7) is 0. The lowest BCUT2D eigenvalue weighted by atomic mass is 9.95. The van der Waals surface area contributed by atoms with E-state index in [1.54, 1.807) is 36.5 Å². The molecule has 1 aromatic rings. The quantitative estimate of drug-likeness (QED) is 0.338. The molecule has 3 N–H and O–H groups in total. The molecule has 0 atom stereocenters. The van der Waals surface area contributed by atoms with Gasteiger partial charge in [-0.15, -0.1) is 0 Å². The molecule has 3 saturated carbocycles. The van der Waals surface area contributed by atoms with Crippen molar-refractivity contribution in [3.8, 4) is 0 Å². The Morgan fingerprint density at radius 3 is 0.974 bits per heavy atom. The highest BCUT2D eigenvalue weighted by atomic mass is 16.2. The van der Waals surface area contributed by atoms with E-state index in [-0.39, 0.29) is 35.8 Å². The highest BCUT2D eigenvalue weighted by molar-refractivity contribution is 5.94. The van der Waals surface area contributed by atoms with Crippen LogP contribution in [-0.2, 0) is 14.4 Å². The molecule has 6 nitrogen and oxygen atoms in total. The summed E-state index contributed by atoms with van der Waals surface area (Å²) in [5.74, 6) is -0.254. The lowest BCUT2D eigenvalue weighted by Crippen LogP contribution is -2.35. The first-order chi connectivity index (χ1) is 19.0. The van der Waals surface area contributed by atoms with Gasteiger partial charge in [0.1, 0.15) is 0 Å². The molecule has 0 saturated heterocycles. The third kappa shape index (κ3) is 10.5. The zero-order chi connectivity index (χ0) is 27.3. The SMILES string of the molecule is O=C(C=Cc1cc(C=CC(=O)NC2CCCCC2)cc(C=CC(=O)NC2CCCCC2)c1)NC1CCCCC1. The molecule has 0 aliphatic heterocycles. The van der Waals surface area contributed by atoms with Crippen LogP contribution >= 0.6 is 0 Å². The van der Waals surface area contributed by atoms with Gasteiger partial charge in [-0.3, -0.25) is 14.4 Å². The maximum absolute atomic E-state index is 12.5. The Morgan fingerprint density at radius 2 is 0.718 bits per heavy atom. The Hall–Kier alpha value is -3.15. The molecule has 4 rings (SSSR count). The van der Waals surface area contributed by atoms with Crippen molar-refractivity contribution in [3.63, 3.8) is 0 Å². The van der Waals surface area contributed by atoms with Gasteiger partial charge in [0.2, 0.25) is 17.7 Å². The zero-order valence-corrected chi connectivity index (χ0v) is 23.3. The topological polar surface area (TPSA) is 87.3 Å². The van der Waals surface area contributed by atoms with Gasteiger partial charge in [0.25, 0.3) is 0 Å². The fourth-order valence-electron chi connectivity index (χ4n) is 6.00. The average Bonchev–Trinajstić information content (AvgIpc) is 2.95. The third-order valence-corrected chi connectivity index (χ3v) is 8.14. The van der Waals surface area contributed by atoms with E-state index < -0.39 is 0 Å². The number of hydrogen-bond acceptors (Lipinski definition) is 3. The van der Waals surface area contributed by atoms with Crippen molar-refractivity contribution < 1.29 is 14.4 Å². The molecule has 1 aromatic carbocycles. The molecule has 0 aromatic heterocycles. The average molecular weight is 532 g/mol. The first-order valence-electron chi connectivity index (χ1n) is 15.1. The standard InChI is InChI=1S/C33H45N3O3/c37-31(34-28-10-4-1-5-11-28)19-16-25-22-26(17-20-32(38)35-29-12-6-2-7-13-29)24-27(23-25)18-21-33(39)36-30-14-8-3-9-15-30/h16-24,28-30H,1-15H2,(H,34,37)(H,35,38)(H,36,39). The minimum absolute atomic E-state index is 0.0846. The van der Waals surface area contributed by atoms with Crippen LogP contribution in [-0.4, -0.2) is 35.8 Å². The maximum Gasteiger partial charge on any atom is 0.244 e. The van der Waals surface area contributed by atoms with Crippen LogP contribution in [0.15, 0.2) is 36.4 Å². The molecule has 39 heavy (non-hydrogen) atoms. The summed E-state index contributed by atoms with van der Waals surface area (Å²) in [7, 11) is 0. The predicted octanol–water partition coefficient (Wildman–Crippen LogP) is 6.07. The van der Waals surface area contributed by atoms with Crippen LogP contribution in [0.3, 0.4) is 0 Å². The molecule has 0 radical (unpaired) electrons. The van der Waals surface area contributed by atoms with Gasteiger partial charge in [0.05, 0.1) is 0 Å². The minimum Gasteiger partial charge on any atom is -0.350 e. The first-order valence-corrected chi connectivity index (χ1v) is 15.1. The van der Waals surface area contributed by atoms with E-state index in [2.05, 4.69) is 16.0 Å². The molecule has 3 aliphatic carbocycles. The van der Waals surface area contributed by atoms with E-state index in [4.69, 9.17) is 0 Å². The fraction of sp³-hybridized carbons (Fsp3) is 0.545. The maximum atomic E-state index is 12.5. The minimum atomic E-state index is -0.0846.